The molecule has 3 fully saturated rings. The van der Waals surface area contributed by atoms with E-state index in [0.29, 0.717) is 12.5 Å². The van der Waals surface area contributed by atoms with Crippen molar-refractivity contribution in [1.29, 1.82) is 0 Å². The van der Waals surface area contributed by atoms with Gasteiger partial charge in [0.15, 0.2) is 0 Å². The van der Waals surface area contributed by atoms with Gasteiger partial charge < -0.3 is 9.30 Å². The van der Waals surface area contributed by atoms with Crippen LogP contribution < -0.4 is 0 Å². The van der Waals surface area contributed by atoms with Crippen LogP contribution >= 0.6 is 0 Å². The van der Waals surface area contributed by atoms with Gasteiger partial charge in [-0.1, -0.05) is 6.92 Å². The molecule has 0 N–H and O–H groups in total. The standard InChI is InChI=1S/C20H33N3O3S/c1-2-9-22(12-16-5-6-16)13-18-11-21-20(27(24,25)15-17-7-8-17)23(18)14-19-4-3-10-26-19/h11,16-17,19H,2-10,12-15H2,1H3. The molecule has 3 aliphatic rings. The van der Waals surface area contributed by atoms with Crippen LogP contribution in [0.1, 0.15) is 57.6 Å². The van der Waals surface area contributed by atoms with E-state index < -0.39 is 9.84 Å². The fourth-order valence-electron chi connectivity index (χ4n) is 4.07. The molecule has 1 aliphatic heterocycles. The molecule has 6 nitrogen and oxygen atoms in total. The van der Waals surface area contributed by atoms with Gasteiger partial charge in [0.2, 0.25) is 15.0 Å². The zero-order valence-electron chi connectivity index (χ0n) is 16.5. The largest absolute Gasteiger partial charge is 0.376 e. The molecule has 1 aromatic heterocycles. The molecule has 1 saturated heterocycles. The molecule has 0 radical (unpaired) electrons. The smallest absolute Gasteiger partial charge is 0.227 e. The van der Waals surface area contributed by atoms with Crippen LogP contribution in [0.4, 0.5) is 0 Å². The molecule has 0 amide bonds. The molecule has 2 saturated carbocycles. The minimum atomic E-state index is -3.33. The van der Waals surface area contributed by atoms with E-state index in [-0.39, 0.29) is 17.0 Å². The van der Waals surface area contributed by atoms with Crippen molar-refractivity contribution in [3.05, 3.63) is 11.9 Å². The van der Waals surface area contributed by atoms with Crippen molar-refractivity contribution in [2.24, 2.45) is 11.8 Å². The highest BCUT2D eigenvalue weighted by molar-refractivity contribution is 7.91. The summed E-state index contributed by atoms with van der Waals surface area (Å²) in [6.07, 6.45) is 9.80. The van der Waals surface area contributed by atoms with Gasteiger partial charge in [-0.3, -0.25) is 4.90 Å². The summed E-state index contributed by atoms with van der Waals surface area (Å²) in [5.74, 6) is 1.40. The molecule has 4 rings (SSSR count). The third-order valence-corrected chi connectivity index (χ3v) is 7.67. The van der Waals surface area contributed by atoms with E-state index in [2.05, 4.69) is 16.8 Å². The lowest BCUT2D eigenvalue weighted by Gasteiger charge is -2.23. The van der Waals surface area contributed by atoms with Gasteiger partial charge in [-0.05, 0) is 63.3 Å². The van der Waals surface area contributed by atoms with Gasteiger partial charge in [0, 0.05) is 19.7 Å². The van der Waals surface area contributed by atoms with E-state index >= 15 is 0 Å². The van der Waals surface area contributed by atoms with Crippen LogP contribution in [0.3, 0.4) is 0 Å². The minimum Gasteiger partial charge on any atom is -0.376 e. The van der Waals surface area contributed by atoms with Crippen LogP contribution in [-0.4, -0.2) is 54.4 Å². The Bertz CT molecular complexity index is 732. The third kappa shape index (κ3) is 5.12. The van der Waals surface area contributed by atoms with Crippen LogP contribution in [0.5, 0.6) is 0 Å². The highest BCUT2D eigenvalue weighted by Gasteiger charge is 2.33. The Morgan fingerprint density at radius 2 is 2.00 bits per heavy atom. The average molecular weight is 396 g/mol. The molecule has 2 heterocycles. The maximum atomic E-state index is 13.0. The van der Waals surface area contributed by atoms with Crippen LogP contribution in [0.2, 0.25) is 0 Å². The molecular weight excluding hydrogens is 362 g/mol. The molecule has 1 atom stereocenters. The van der Waals surface area contributed by atoms with Gasteiger partial charge in [-0.25, -0.2) is 13.4 Å². The SMILES string of the molecule is CCCN(Cc1cnc(S(=O)(=O)CC2CC2)n1CC1CCCO1)CC1CC1. The molecule has 0 bridgehead atoms. The lowest BCUT2D eigenvalue weighted by Crippen LogP contribution is -2.29. The first kappa shape index (κ1) is 19.4. The van der Waals surface area contributed by atoms with Crippen molar-refractivity contribution in [2.45, 2.75) is 76.2 Å². The van der Waals surface area contributed by atoms with Crippen molar-refractivity contribution < 1.29 is 13.2 Å². The predicted octanol–water partition coefficient (Wildman–Crippen LogP) is 2.87. The Morgan fingerprint density at radius 1 is 1.22 bits per heavy atom. The van der Waals surface area contributed by atoms with Crippen LogP contribution in [0.15, 0.2) is 11.4 Å². The minimum absolute atomic E-state index is 0.107. The van der Waals surface area contributed by atoms with E-state index in [0.717, 1.165) is 70.0 Å². The third-order valence-electron chi connectivity index (χ3n) is 5.88. The Labute approximate surface area is 163 Å². The number of sulfone groups is 1. The molecule has 7 heteroatoms. The fraction of sp³-hybridized carbons (Fsp3) is 0.850. The van der Waals surface area contributed by atoms with Crippen LogP contribution in [0.25, 0.3) is 0 Å². The number of nitrogens with zero attached hydrogens (tertiary/aromatic N) is 3. The second kappa shape index (κ2) is 8.21. The van der Waals surface area contributed by atoms with Crippen LogP contribution in [0, 0.1) is 11.8 Å². The number of ether oxygens (including phenoxy) is 1. The monoisotopic (exact) mass is 395 g/mol. The van der Waals surface area contributed by atoms with Crippen molar-refractivity contribution in [2.75, 3.05) is 25.4 Å². The summed E-state index contributed by atoms with van der Waals surface area (Å²) in [5.41, 5.74) is 1.02. The maximum Gasteiger partial charge on any atom is 0.227 e. The first-order valence-electron chi connectivity index (χ1n) is 10.7. The topological polar surface area (TPSA) is 64.4 Å². The Kier molecular flexibility index (Phi) is 5.90. The van der Waals surface area contributed by atoms with Crippen LogP contribution in [-0.2, 0) is 27.7 Å². The number of hydrogen-bond donors (Lipinski definition) is 0. The quantitative estimate of drug-likeness (QED) is 0.576. The van der Waals surface area contributed by atoms with Crippen molar-refractivity contribution >= 4 is 9.84 Å². The average Bonchev–Trinajstić information content (AvgIpc) is 3.51. The molecule has 1 unspecified atom stereocenters. The van der Waals surface area contributed by atoms with Gasteiger partial charge in [0.25, 0.3) is 0 Å². The van der Waals surface area contributed by atoms with Gasteiger partial charge in [-0.2, -0.15) is 0 Å². The number of hydrogen-bond acceptors (Lipinski definition) is 5. The normalized spacial score (nSPS) is 23.4. The number of rotatable bonds is 11. The van der Waals surface area contributed by atoms with E-state index in [4.69, 9.17) is 4.74 Å². The fourth-order valence-corrected chi connectivity index (χ4v) is 5.91. The summed E-state index contributed by atoms with van der Waals surface area (Å²) < 4.78 is 33.7. The van der Waals surface area contributed by atoms with E-state index in [1.807, 2.05) is 4.57 Å². The first-order chi connectivity index (χ1) is 13.0. The summed E-state index contributed by atoms with van der Waals surface area (Å²) in [6.45, 7) is 6.54. The van der Waals surface area contributed by atoms with Gasteiger partial charge in [0.1, 0.15) is 0 Å². The molecular formula is C20H33N3O3S. The summed E-state index contributed by atoms with van der Waals surface area (Å²) >= 11 is 0. The second-order valence-electron chi connectivity index (χ2n) is 8.68. The molecule has 0 spiro atoms. The molecule has 0 aromatic carbocycles. The zero-order valence-corrected chi connectivity index (χ0v) is 17.3. The van der Waals surface area contributed by atoms with Gasteiger partial charge in [0.05, 0.1) is 30.3 Å². The summed E-state index contributed by atoms with van der Waals surface area (Å²) in [6, 6.07) is 0. The second-order valence-corrected chi connectivity index (χ2v) is 10.6. The molecule has 1 aromatic rings. The van der Waals surface area contributed by atoms with Crippen molar-refractivity contribution in [3.63, 3.8) is 0 Å². The highest BCUT2D eigenvalue weighted by atomic mass is 32.2. The van der Waals surface area contributed by atoms with Gasteiger partial charge >= 0.3 is 0 Å². The Hall–Kier alpha value is -0.920. The zero-order chi connectivity index (χ0) is 18.9. The summed E-state index contributed by atoms with van der Waals surface area (Å²) in [5, 5.41) is 0.266. The highest BCUT2D eigenvalue weighted by Crippen LogP contribution is 2.33. The van der Waals surface area contributed by atoms with E-state index in [9.17, 15) is 8.42 Å². The Morgan fingerprint density at radius 3 is 2.63 bits per heavy atom. The first-order valence-corrected chi connectivity index (χ1v) is 12.3. The summed E-state index contributed by atoms with van der Waals surface area (Å²) in [4.78, 5) is 6.88. The van der Waals surface area contributed by atoms with E-state index in [1.165, 1.54) is 12.8 Å². The van der Waals surface area contributed by atoms with Crippen molar-refractivity contribution in [3.8, 4) is 0 Å². The number of imidazole rings is 1. The number of aromatic nitrogens is 2. The Balaban J connectivity index is 1.56. The molecule has 27 heavy (non-hydrogen) atoms. The lowest BCUT2D eigenvalue weighted by molar-refractivity contribution is 0.0932. The molecule has 152 valence electrons. The maximum absolute atomic E-state index is 13.0. The lowest BCUT2D eigenvalue weighted by atomic mass is 10.2. The van der Waals surface area contributed by atoms with Gasteiger partial charge in [-0.15, -0.1) is 0 Å². The predicted molar refractivity (Wildman–Crippen MR) is 104 cm³/mol. The van der Waals surface area contributed by atoms with Crippen molar-refractivity contribution in [1.82, 2.24) is 14.5 Å². The summed E-state index contributed by atoms with van der Waals surface area (Å²) in [7, 11) is -3.33. The molecule has 2 aliphatic carbocycles. The van der Waals surface area contributed by atoms with E-state index in [1.54, 1.807) is 6.20 Å².